The quantitative estimate of drug-likeness (QED) is 0.479. The number of nitrogens with zero attached hydrogens (tertiary/aromatic N) is 1. The van der Waals surface area contributed by atoms with E-state index in [2.05, 4.69) is 22.2 Å². The lowest BCUT2D eigenvalue weighted by Gasteiger charge is -2.29. The number of hydrogen-bond donors (Lipinski definition) is 2. The maximum absolute atomic E-state index is 12.7. The summed E-state index contributed by atoms with van der Waals surface area (Å²) < 4.78 is 0. The summed E-state index contributed by atoms with van der Waals surface area (Å²) in [4.78, 5) is 33.1. The van der Waals surface area contributed by atoms with Crippen LogP contribution in [0.25, 0.3) is 21.3 Å². The number of aromatic amines is 1. The Bertz CT molecular complexity index is 1030. The first-order chi connectivity index (χ1) is 13.6. The molecule has 28 heavy (non-hydrogen) atoms. The van der Waals surface area contributed by atoms with Crippen LogP contribution in [0.4, 0.5) is 0 Å². The van der Waals surface area contributed by atoms with Crippen molar-refractivity contribution in [1.29, 1.82) is 0 Å². The Morgan fingerprint density at radius 3 is 2.86 bits per heavy atom. The SMILES string of the molecule is C[C@@H]1CCCC[C@@H]1NC(=O)CSc1nc2scc(-c3ccccc3)c2c(=O)[nH]1. The summed E-state index contributed by atoms with van der Waals surface area (Å²) in [5.74, 6) is 0.788. The Labute approximate surface area is 172 Å². The molecule has 0 bridgehead atoms. The molecular weight excluding hydrogens is 390 g/mol. The molecule has 2 N–H and O–H groups in total. The largest absolute Gasteiger partial charge is 0.352 e. The van der Waals surface area contributed by atoms with Gasteiger partial charge in [-0.15, -0.1) is 11.3 Å². The van der Waals surface area contributed by atoms with Gasteiger partial charge in [-0.05, 0) is 24.3 Å². The van der Waals surface area contributed by atoms with Crippen molar-refractivity contribution in [3.8, 4) is 11.1 Å². The van der Waals surface area contributed by atoms with Gasteiger partial charge in [-0.3, -0.25) is 9.59 Å². The van der Waals surface area contributed by atoms with Gasteiger partial charge in [0.2, 0.25) is 5.91 Å². The number of fused-ring (bicyclic) bond motifs is 1. The van der Waals surface area contributed by atoms with Crippen molar-refractivity contribution in [2.75, 3.05) is 5.75 Å². The number of rotatable bonds is 5. The topological polar surface area (TPSA) is 74.8 Å². The molecule has 0 spiro atoms. The van der Waals surface area contributed by atoms with E-state index in [9.17, 15) is 9.59 Å². The van der Waals surface area contributed by atoms with Crippen LogP contribution in [0.3, 0.4) is 0 Å². The number of nitrogens with one attached hydrogen (secondary N) is 2. The summed E-state index contributed by atoms with van der Waals surface area (Å²) in [5, 5.41) is 6.21. The zero-order valence-corrected chi connectivity index (χ0v) is 17.4. The Kier molecular flexibility index (Phi) is 5.82. The number of thioether (sulfide) groups is 1. The molecule has 1 amide bonds. The third-order valence-corrected chi connectivity index (χ3v) is 7.05. The van der Waals surface area contributed by atoms with Gasteiger partial charge in [-0.2, -0.15) is 0 Å². The number of carbonyl (C=O) groups excluding carboxylic acids is 1. The van der Waals surface area contributed by atoms with E-state index in [4.69, 9.17) is 0 Å². The summed E-state index contributed by atoms with van der Waals surface area (Å²) in [6.07, 6.45) is 4.65. The summed E-state index contributed by atoms with van der Waals surface area (Å²) in [7, 11) is 0. The normalized spacial score (nSPS) is 19.6. The third-order valence-electron chi connectivity index (χ3n) is 5.30. The first-order valence-electron chi connectivity index (χ1n) is 9.61. The van der Waals surface area contributed by atoms with Crippen LogP contribution < -0.4 is 10.9 Å². The van der Waals surface area contributed by atoms with Crippen LogP contribution in [0.2, 0.25) is 0 Å². The van der Waals surface area contributed by atoms with Crippen molar-refractivity contribution in [1.82, 2.24) is 15.3 Å². The molecule has 7 heteroatoms. The maximum Gasteiger partial charge on any atom is 0.260 e. The molecule has 0 aliphatic heterocycles. The van der Waals surface area contributed by atoms with E-state index in [-0.39, 0.29) is 23.3 Å². The van der Waals surface area contributed by atoms with Gasteiger partial charge in [0.15, 0.2) is 5.16 Å². The predicted octanol–water partition coefficient (Wildman–Crippen LogP) is 4.44. The van der Waals surface area contributed by atoms with Gasteiger partial charge >= 0.3 is 0 Å². The van der Waals surface area contributed by atoms with Crippen molar-refractivity contribution < 1.29 is 4.79 Å². The molecular formula is C21H23N3O2S2. The van der Waals surface area contributed by atoms with E-state index in [1.165, 1.54) is 42.4 Å². The zero-order valence-electron chi connectivity index (χ0n) is 15.7. The van der Waals surface area contributed by atoms with Crippen LogP contribution in [0.5, 0.6) is 0 Å². The fraction of sp³-hybridized carbons (Fsp3) is 0.381. The third kappa shape index (κ3) is 4.15. The van der Waals surface area contributed by atoms with Crippen molar-refractivity contribution in [2.24, 2.45) is 5.92 Å². The van der Waals surface area contributed by atoms with Gasteiger partial charge in [-0.1, -0.05) is 61.9 Å². The molecule has 146 valence electrons. The molecule has 5 nitrogen and oxygen atoms in total. The maximum atomic E-state index is 12.7. The first-order valence-corrected chi connectivity index (χ1v) is 11.5. The van der Waals surface area contributed by atoms with E-state index >= 15 is 0 Å². The molecule has 2 atom stereocenters. The summed E-state index contributed by atoms with van der Waals surface area (Å²) >= 11 is 2.74. The van der Waals surface area contributed by atoms with Crippen molar-refractivity contribution in [2.45, 2.75) is 43.8 Å². The molecule has 1 aliphatic rings. The monoisotopic (exact) mass is 413 g/mol. The lowest BCUT2D eigenvalue weighted by molar-refractivity contribution is -0.119. The van der Waals surface area contributed by atoms with Crippen LogP contribution >= 0.6 is 23.1 Å². The second-order valence-electron chi connectivity index (χ2n) is 7.29. The number of aromatic nitrogens is 2. The fourth-order valence-electron chi connectivity index (χ4n) is 3.74. The van der Waals surface area contributed by atoms with Gasteiger partial charge in [0.25, 0.3) is 5.56 Å². The smallest absolute Gasteiger partial charge is 0.260 e. The molecule has 0 radical (unpaired) electrons. The van der Waals surface area contributed by atoms with E-state index in [0.29, 0.717) is 21.3 Å². The Balaban J connectivity index is 1.46. The minimum absolute atomic E-state index is 0.00245. The lowest BCUT2D eigenvalue weighted by atomic mass is 9.86. The predicted molar refractivity (Wildman–Crippen MR) is 116 cm³/mol. The highest BCUT2D eigenvalue weighted by Gasteiger charge is 2.23. The van der Waals surface area contributed by atoms with Crippen molar-refractivity contribution in [3.63, 3.8) is 0 Å². The molecule has 4 rings (SSSR count). The second-order valence-corrected chi connectivity index (χ2v) is 9.11. The molecule has 2 heterocycles. The summed E-state index contributed by atoms with van der Waals surface area (Å²) in [6.45, 7) is 2.20. The van der Waals surface area contributed by atoms with E-state index < -0.39 is 0 Å². The highest BCUT2D eigenvalue weighted by molar-refractivity contribution is 7.99. The van der Waals surface area contributed by atoms with Crippen LogP contribution in [0.15, 0.2) is 45.7 Å². The molecule has 2 aromatic heterocycles. The average Bonchev–Trinajstić information content (AvgIpc) is 3.13. The van der Waals surface area contributed by atoms with Crippen LogP contribution in [0.1, 0.15) is 32.6 Å². The molecule has 1 fully saturated rings. The number of amides is 1. The van der Waals surface area contributed by atoms with Gasteiger partial charge in [0.1, 0.15) is 4.83 Å². The standard InChI is InChI=1S/C21H23N3O2S2/c1-13-7-5-6-10-16(13)22-17(25)12-28-21-23-19(26)18-15(11-27-20(18)24-21)14-8-3-2-4-9-14/h2-4,8-9,11,13,16H,5-7,10,12H2,1H3,(H,22,25)(H,23,24,26)/t13-,16+/m1/s1. The minimum Gasteiger partial charge on any atom is -0.352 e. The highest BCUT2D eigenvalue weighted by atomic mass is 32.2. The molecule has 1 aromatic carbocycles. The fourth-order valence-corrected chi connectivity index (χ4v) is 5.42. The minimum atomic E-state index is -0.158. The van der Waals surface area contributed by atoms with Gasteiger partial charge in [-0.25, -0.2) is 4.98 Å². The zero-order chi connectivity index (χ0) is 19.5. The van der Waals surface area contributed by atoms with Gasteiger partial charge in [0.05, 0.1) is 11.1 Å². The van der Waals surface area contributed by atoms with E-state index in [1.807, 2.05) is 35.7 Å². The van der Waals surface area contributed by atoms with Crippen molar-refractivity contribution >= 4 is 39.2 Å². The second kappa shape index (κ2) is 8.49. The summed E-state index contributed by atoms with van der Waals surface area (Å²) in [6, 6.07) is 10.1. The van der Waals surface area contributed by atoms with E-state index in [0.717, 1.165) is 17.5 Å². The van der Waals surface area contributed by atoms with E-state index in [1.54, 1.807) is 0 Å². The molecule has 0 unspecified atom stereocenters. The van der Waals surface area contributed by atoms with Crippen molar-refractivity contribution in [3.05, 3.63) is 46.1 Å². The van der Waals surface area contributed by atoms with Gasteiger partial charge in [0, 0.05) is 17.0 Å². The van der Waals surface area contributed by atoms with Gasteiger partial charge < -0.3 is 10.3 Å². The first kappa shape index (κ1) is 19.2. The summed E-state index contributed by atoms with van der Waals surface area (Å²) in [5.41, 5.74) is 1.74. The highest BCUT2D eigenvalue weighted by Crippen LogP contribution is 2.31. The number of benzene rings is 1. The molecule has 0 saturated heterocycles. The number of carbonyl (C=O) groups is 1. The van der Waals surface area contributed by atoms with Crippen LogP contribution in [-0.4, -0.2) is 27.7 Å². The molecule has 1 saturated carbocycles. The average molecular weight is 414 g/mol. The number of thiophene rings is 1. The Morgan fingerprint density at radius 1 is 1.29 bits per heavy atom. The Hall–Kier alpha value is -2.12. The van der Waals surface area contributed by atoms with Crippen LogP contribution in [0, 0.1) is 5.92 Å². The van der Waals surface area contributed by atoms with Crippen LogP contribution in [-0.2, 0) is 4.79 Å². The lowest BCUT2D eigenvalue weighted by Crippen LogP contribution is -2.41. The molecule has 1 aliphatic carbocycles. The molecule has 3 aromatic rings. The Morgan fingerprint density at radius 2 is 2.07 bits per heavy atom. The number of hydrogen-bond acceptors (Lipinski definition) is 5. The number of H-pyrrole nitrogens is 1.